The first-order valence-electron chi connectivity index (χ1n) is 12.7. The molecule has 1 aliphatic heterocycles. The number of aromatic nitrogens is 1. The van der Waals surface area contributed by atoms with E-state index in [-0.39, 0.29) is 23.9 Å². The van der Waals surface area contributed by atoms with Crippen molar-refractivity contribution in [1.29, 1.82) is 0 Å². The lowest BCUT2D eigenvalue weighted by atomic mass is 9.86. The molecule has 0 saturated heterocycles. The average Bonchev–Trinajstić information content (AvgIpc) is 3.27. The molecule has 0 unspecified atom stereocenters. The predicted octanol–water partition coefficient (Wildman–Crippen LogP) is 5.32. The summed E-state index contributed by atoms with van der Waals surface area (Å²) in [5, 5.41) is 3.39. The van der Waals surface area contributed by atoms with Gasteiger partial charge in [0.05, 0.1) is 12.1 Å². The van der Waals surface area contributed by atoms with E-state index in [2.05, 4.69) is 5.32 Å². The summed E-state index contributed by atoms with van der Waals surface area (Å²) in [6, 6.07) is 4.19. The summed E-state index contributed by atoms with van der Waals surface area (Å²) in [6.45, 7) is 4.39. The Kier molecular flexibility index (Phi) is 5.81. The van der Waals surface area contributed by atoms with Crippen LogP contribution in [0.4, 0.5) is 0 Å². The van der Waals surface area contributed by atoms with Crippen LogP contribution in [0.25, 0.3) is 11.1 Å². The van der Waals surface area contributed by atoms with Gasteiger partial charge in [-0.15, -0.1) is 0 Å². The van der Waals surface area contributed by atoms with Gasteiger partial charge in [-0.25, -0.2) is 0 Å². The molecule has 2 saturated carbocycles. The summed E-state index contributed by atoms with van der Waals surface area (Å²) < 4.78 is 7.85. The molecular formula is C26H37N3O3. The molecule has 2 aliphatic carbocycles. The fraction of sp³-hybridized carbons (Fsp3) is 0.692. The third kappa shape index (κ3) is 3.75. The minimum Gasteiger partial charge on any atom is -0.460 e. The van der Waals surface area contributed by atoms with Crippen LogP contribution in [0.5, 0.6) is 0 Å². The van der Waals surface area contributed by atoms with E-state index in [0.717, 1.165) is 55.4 Å². The van der Waals surface area contributed by atoms with Crippen molar-refractivity contribution >= 4 is 22.9 Å². The van der Waals surface area contributed by atoms with Crippen LogP contribution in [0.2, 0.25) is 0 Å². The number of fused-ring (bicyclic) bond motifs is 3. The van der Waals surface area contributed by atoms with E-state index < -0.39 is 5.54 Å². The SMILES string of the molecule is Cc1cc2c(cc3n2C[C@](C)(C(=O)NC2CCCCCCC2)N(C2CCCCC2)C3=O)o1. The van der Waals surface area contributed by atoms with E-state index in [9.17, 15) is 9.59 Å². The number of rotatable bonds is 3. The normalized spacial score (nSPS) is 26.1. The number of nitrogens with zero attached hydrogens (tertiary/aromatic N) is 2. The zero-order valence-corrected chi connectivity index (χ0v) is 19.6. The van der Waals surface area contributed by atoms with Crippen LogP contribution < -0.4 is 5.32 Å². The molecule has 2 amide bonds. The molecule has 2 fully saturated rings. The summed E-state index contributed by atoms with van der Waals surface area (Å²) in [6.07, 6.45) is 13.6. The summed E-state index contributed by atoms with van der Waals surface area (Å²) in [4.78, 5) is 29.7. The van der Waals surface area contributed by atoms with Gasteiger partial charge in [-0.05, 0) is 39.5 Å². The Morgan fingerprint density at radius 3 is 2.34 bits per heavy atom. The Bertz CT molecular complexity index is 992. The molecule has 32 heavy (non-hydrogen) atoms. The van der Waals surface area contributed by atoms with E-state index >= 15 is 0 Å². The lowest BCUT2D eigenvalue weighted by molar-refractivity contribution is -0.135. The second-order valence-electron chi connectivity index (χ2n) is 10.5. The molecule has 2 aromatic rings. The van der Waals surface area contributed by atoms with Crippen molar-refractivity contribution in [3.8, 4) is 0 Å². The number of amides is 2. The van der Waals surface area contributed by atoms with Crippen molar-refractivity contribution in [3.63, 3.8) is 0 Å². The molecular weight excluding hydrogens is 402 g/mol. The quantitative estimate of drug-likeness (QED) is 0.704. The van der Waals surface area contributed by atoms with Crippen LogP contribution in [0.15, 0.2) is 16.5 Å². The number of nitrogens with one attached hydrogen (secondary N) is 1. The number of hydrogen-bond donors (Lipinski definition) is 1. The zero-order valence-electron chi connectivity index (χ0n) is 19.6. The van der Waals surface area contributed by atoms with Crippen molar-refractivity contribution in [2.24, 2.45) is 0 Å². The highest BCUT2D eigenvalue weighted by Gasteiger charge is 2.51. The van der Waals surface area contributed by atoms with Gasteiger partial charge in [-0.3, -0.25) is 9.59 Å². The summed E-state index contributed by atoms with van der Waals surface area (Å²) >= 11 is 0. The van der Waals surface area contributed by atoms with Crippen LogP contribution in [-0.4, -0.2) is 38.9 Å². The first-order chi connectivity index (χ1) is 15.5. The minimum atomic E-state index is -0.897. The molecule has 174 valence electrons. The van der Waals surface area contributed by atoms with Crippen LogP contribution in [0.3, 0.4) is 0 Å². The van der Waals surface area contributed by atoms with Crippen LogP contribution in [0, 0.1) is 6.92 Å². The summed E-state index contributed by atoms with van der Waals surface area (Å²) in [7, 11) is 0. The largest absolute Gasteiger partial charge is 0.460 e. The molecule has 6 nitrogen and oxygen atoms in total. The molecule has 0 bridgehead atoms. The first kappa shape index (κ1) is 21.6. The third-order valence-corrected chi connectivity index (χ3v) is 8.02. The maximum atomic E-state index is 13.9. The fourth-order valence-electron chi connectivity index (χ4n) is 6.27. The van der Waals surface area contributed by atoms with Gasteiger partial charge >= 0.3 is 0 Å². The van der Waals surface area contributed by atoms with Gasteiger partial charge in [-0.1, -0.05) is 51.4 Å². The van der Waals surface area contributed by atoms with Crippen molar-refractivity contribution in [2.45, 2.75) is 115 Å². The second kappa shape index (κ2) is 8.60. The summed E-state index contributed by atoms with van der Waals surface area (Å²) in [5.41, 5.74) is 1.41. The second-order valence-corrected chi connectivity index (χ2v) is 10.5. The van der Waals surface area contributed by atoms with Gasteiger partial charge in [0.1, 0.15) is 17.0 Å². The lowest BCUT2D eigenvalue weighted by Crippen LogP contribution is -2.67. The zero-order chi connectivity index (χ0) is 22.3. The Morgan fingerprint density at radius 1 is 1.00 bits per heavy atom. The molecule has 3 heterocycles. The van der Waals surface area contributed by atoms with Crippen molar-refractivity contribution in [3.05, 3.63) is 23.6 Å². The highest BCUT2D eigenvalue weighted by molar-refractivity contribution is 6.03. The number of carbonyl (C=O) groups excluding carboxylic acids is 2. The topological polar surface area (TPSA) is 67.5 Å². The van der Waals surface area contributed by atoms with E-state index in [1.165, 1.54) is 38.5 Å². The summed E-state index contributed by atoms with van der Waals surface area (Å²) in [5.74, 6) is 0.811. The lowest BCUT2D eigenvalue weighted by Gasteiger charge is -2.49. The molecule has 0 spiro atoms. The molecule has 1 N–H and O–H groups in total. The third-order valence-electron chi connectivity index (χ3n) is 8.02. The van der Waals surface area contributed by atoms with Crippen molar-refractivity contribution in [2.75, 3.05) is 0 Å². The molecule has 6 heteroatoms. The average molecular weight is 440 g/mol. The van der Waals surface area contributed by atoms with E-state index in [1.807, 2.05) is 35.4 Å². The highest BCUT2D eigenvalue weighted by Crippen LogP contribution is 2.38. The Morgan fingerprint density at radius 2 is 1.62 bits per heavy atom. The molecule has 2 aromatic heterocycles. The first-order valence-corrected chi connectivity index (χ1v) is 12.7. The number of aryl methyl sites for hydroxylation is 1. The molecule has 3 aliphatic rings. The fourth-order valence-corrected chi connectivity index (χ4v) is 6.27. The molecule has 0 radical (unpaired) electrons. The van der Waals surface area contributed by atoms with Crippen LogP contribution >= 0.6 is 0 Å². The predicted molar refractivity (Wildman–Crippen MR) is 125 cm³/mol. The molecule has 5 rings (SSSR count). The molecule has 0 aromatic carbocycles. The number of hydrogen-bond acceptors (Lipinski definition) is 3. The highest BCUT2D eigenvalue weighted by atomic mass is 16.3. The Balaban J connectivity index is 1.50. The Labute approximate surface area is 190 Å². The van der Waals surface area contributed by atoms with Crippen LogP contribution in [0.1, 0.15) is 100 Å². The van der Waals surface area contributed by atoms with Gasteiger partial charge in [-0.2, -0.15) is 0 Å². The van der Waals surface area contributed by atoms with Gasteiger partial charge in [0, 0.05) is 24.2 Å². The van der Waals surface area contributed by atoms with Crippen LogP contribution in [-0.2, 0) is 11.3 Å². The van der Waals surface area contributed by atoms with E-state index in [4.69, 9.17) is 4.42 Å². The number of furan rings is 1. The van der Waals surface area contributed by atoms with Gasteiger partial charge in [0.25, 0.3) is 5.91 Å². The maximum absolute atomic E-state index is 13.9. The molecule has 1 atom stereocenters. The van der Waals surface area contributed by atoms with Gasteiger partial charge in [0.2, 0.25) is 5.91 Å². The number of carbonyl (C=O) groups is 2. The monoisotopic (exact) mass is 439 g/mol. The smallest absolute Gasteiger partial charge is 0.271 e. The van der Waals surface area contributed by atoms with Crippen molar-refractivity contribution in [1.82, 2.24) is 14.8 Å². The minimum absolute atomic E-state index is 0.00899. The Hall–Kier alpha value is -2.24. The van der Waals surface area contributed by atoms with Crippen molar-refractivity contribution < 1.29 is 14.0 Å². The van der Waals surface area contributed by atoms with Gasteiger partial charge in [0.15, 0.2) is 5.58 Å². The van der Waals surface area contributed by atoms with Gasteiger partial charge < -0.3 is 19.2 Å². The van der Waals surface area contributed by atoms with E-state index in [0.29, 0.717) is 12.2 Å². The maximum Gasteiger partial charge on any atom is 0.271 e. The standard InChI is InChI=1S/C26H37N3O3/c1-18-15-21-23(32-18)16-22-24(30)29(20-13-9-6-10-14-20)26(2,17-28(21)22)25(31)27-19-11-7-4-3-5-8-12-19/h15-16,19-20H,3-14,17H2,1-2H3,(H,27,31)/t26-/m1/s1. The van der Waals surface area contributed by atoms with E-state index in [1.54, 1.807) is 0 Å².